The highest BCUT2D eigenvalue weighted by atomic mass is 35.5. The van der Waals surface area contributed by atoms with E-state index in [0.29, 0.717) is 10.6 Å². The number of fused-ring (bicyclic) bond motifs is 3. The summed E-state index contributed by atoms with van der Waals surface area (Å²) in [4.78, 5) is 14.0. The van der Waals surface area contributed by atoms with E-state index in [1.165, 1.54) is 0 Å². The van der Waals surface area contributed by atoms with E-state index in [0.717, 1.165) is 21.8 Å². The number of aromatic amines is 1. The first-order chi connectivity index (χ1) is 8.66. The number of nitrogens with one attached hydrogen (secondary N) is 1. The molecular weight excluding hydrogens is 250 g/mol. The Balaban J connectivity index is 2.32. The number of carbonyl (C=O) groups is 1. The standard InChI is InChI=1S/C14H10ClNO2/c15-13-8(7-12(17)18)5-6-10-9-3-1-2-4-11(9)16-14(10)13/h1-6,16H,7H2,(H,17,18). The van der Waals surface area contributed by atoms with E-state index in [1.54, 1.807) is 6.07 Å². The first kappa shape index (κ1) is 11.1. The molecule has 0 bridgehead atoms. The molecule has 0 fully saturated rings. The monoisotopic (exact) mass is 259 g/mol. The van der Waals surface area contributed by atoms with Crippen LogP contribution in [0.25, 0.3) is 21.8 Å². The van der Waals surface area contributed by atoms with Crippen LogP contribution in [0.5, 0.6) is 0 Å². The Morgan fingerprint density at radius 1 is 1.17 bits per heavy atom. The maximum absolute atomic E-state index is 10.8. The summed E-state index contributed by atoms with van der Waals surface area (Å²) in [7, 11) is 0. The second-order valence-corrected chi connectivity index (χ2v) is 4.58. The van der Waals surface area contributed by atoms with E-state index >= 15 is 0 Å². The van der Waals surface area contributed by atoms with E-state index in [4.69, 9.17) is 16.7 Å². The van der Waals surface area contributed by atoms with Gasteiger partial charge in [-0.15, -0.1) is 0 Å². The molecule has 0 spiro atoms. The Kier molecular flexibility index (Phi) is 2.49. The molecule has 1 aromatic heterocycles. The van der Waals surface area contributed by atoms with Gasteiger partial charge in [-0.1, -0.05) is 41.9 Å². The predicted molar refractivity (Wildman–Crippen MR) is 72.2 cm³/mol. The van der Waals surface area contributed by atoms with Crippen LogP contribution in [-0.4, -0.2) is 16.1 Å². The molecule has 2 N–H and O–H groups in total. The predicted octanol–water partition coefficient (Wildman–Crippen LogP) is 3.60. The number of H-pyrrole nitrogens is 1. The van der Waals surface area contributed by atoms with E-state index in [1.807, 2.05) is 30.3 Å². The summed E-state index contributed by atoms with van der Waals surface area (Å²) in [6.45, 7) is 0. The van der Waals surface area contributed by atoms with Crippen LogP contribution < -0.4 is 0 Å². The quantitative estimate of drug-likeness (QED) is 0.739. The molecular formula is C14H10ClNO2. The van der Waals surface area contributed by atoms with Gasteiger partial charge in [-0.25, -0.2) is 0 Å². The first-order valence-corrected chi connectivity index (χ1v) is 5.94. The number of carboxylic acids is 1. The molecule has 0 aliphatic heterocycles. The van der Waals surface area contributed by atoms with E-state index in [2.05, 4.69) is 4.98 Å². The van der Waals surface area contributed by atoms with E-state index in [-0.39, 0.29) is 6.42 Å². The van der Waals surface area contributed by atoms with Gasteiger partial charge in [0.1, 0.15) is 0 Å². The lowest BCUT2D eigenvalue weighted by Crippen LogP contribution is -2.00. The van der Waals surface area contributed by atoms with Crippen LogP contribution in [0.3, 0.4) is 0 Å². The normalized spacial score (nSPS) is 11.2. The van der Waals surface area contributed by atoms with Crippen molar-refractivity contribution in [2.45, 2.75) is 6.42 Å². The van der Waals surface area contributed by atoms with Crippen LogP contribution in [0.2, 0.25) is 5.02 Å². The van der Waals surface area contributed by atoms with Crippen LogP contribution >= 0.6 is 11.6 Å². The zero-order valence-electron chi connectivity index (χ0n) is 9.40. The molecule has 18 heavy (non-hydrogen) atoms. The number of rotatable bonds is 2. The van der Waals surface area contributed by atoms with Crippen molar-refractivity contribution in [2.24, 2.45) is 0 Å². The Morgan fingerprint density at radius 2 is 1.94 bits per heavy atom. The molecule has 0 atom stereocenters. The number of halogens is 1. The van der Waals surface area contributed by atoms with Crippen LogP contribution in [-0.2, 0) is 11.2 Å². The van der Waals surface area contributed by atoms with Crippen molar-refractivity contribution in [3.8, 4) is 0 Å². The summed E-state index contributed by atoms with van der Waals surface area (Å²) in [5.74, 6) is -0.882. The molecule has 0 aliphatic carbocycles. The number of aromatic nitrogens is 1. The molecule has 0 radical (unpaired) electrons. The van der Waals surface area contributed by atoms with E-state index in [9.17, 15) is 4.79 Å². The highest BCUT2D eigenvalue weighted by Crippen LogP contribution is 2.32. The zero-order valence-corrected chi connectivity index (χ0v) is 10.2. The number of benzene rings is 2. The first-order valence-electron chi connectivity index (χ1n) is 5.56. The fraction of sp³-hybridized carbons (Fsp3) is 0.0714. The summed E-state index contributed by atoms with van der Waals surface area (Å²) < 4.78 is 0. The van der Waals surface area contributed by atoms with Crippen LogP contribution in [0.1, 0.15) is 5.56 Å². The minimum atomic E-state index is -0.882. The number of hydrogen-bond donors (Lipinski definition) is 2. The topological polar surface area (TPSA) is 53.1 Å². The molecule has 90 valence electrons. The minimum absolute atomic E-state index is 0.0653. The third kappa shape index (κ3) is 1.64. The average Bonchev–Trinajstić information content (AvgIpc) is 2.72. The van der Waals surface area contributed by atoms with Gasteiger partial charge in [-0.2, -0.15) is 0 Å². The third-order valence-electron chi connectivity index (χ3n) is 3.04. The molecule has 0 saturated carbocycles. The van der Waals surface area contributed by atoms with Crippen molar-refractivity contribution in [1.29, 1.82) is 0 Å². The Bertz CT molecular complexity index is 761. The average molecular weight is 260 g/mol. The van der Waals surface area contributed by atoms with Gasteiger partial charge in [0, 0.05) is 16.3 Å². The lowest BCUT2D eigenvalue weighted by atomic mass is 10.1. The van der Waals surface area contributed by atoms with Gasteiger partial charge in [0.2, 0.25) is 0 Å². The summed E-state index contributed by atoms with van der Waals surface area (Å²) in [6.07, 6.45) is -0.0653. The molecule has 0 amide bonds. The fourth-order valence-corrected chi connectivity index (χ4v) is 2.51. The lowest BCUT2D eigenvalue weighted by molar-refractivity contribution is -0.136. The molecule has 0 saturated heterocycles. The van der Waals surface area contributed by atoms with Gasteiger partial charge < -0.3 is 10.1 Å². The molecule has 4 heteroatoms. The lowest BCUT2D eigenvalue weighted by Gasteiger charge is -2.02. The van der Waals surface area contributed by atoms with Crippen LogP contribution in [0, 0.1) is 0 Å². The maximum Gasteiger partial charge on any atom is 0.307 e. The summed E-state index contributed by atoms with van der Waals surface area (Å²) in [5, 5.41) is 11.4. The molecule has 3 rings (SSSR count). The molecule has 0 aliphatic rings. The molecule has 2 aromatic carbocycles. The van der Waals surface area contributed by atoms with Gasteiger partial charge in [-0.3, -0.25) is 4.79 Å². The number of para-hydroxylation sites is 1. The summed E-state index contributed by atoms with van der Waals surface area (Å²) in [5.41, 5.74) is 2.43. The van der Waals surface area contributed by atoms with Gasteiger partial charge in [0.15, 0.2) is 0 Å². The molecule has 0 unspecified atom stereocenters. The second-order valence-electron chi connectivity index (χ2n) is 4.20. The Labute approximate surface area is 108 Å². The van der Waals surface area contributed by atoms with Crippen molar-refractivity contribution in [2.75, 3.05) is 0 Å². The largest absolute Gasteiger partial charge is 0.481 e. The minimum Gasteiger partial charge on any atom is -0.481 e. The van der Waals surface area contributed by atoms with Crippen molar-refractivity contribution < 1.29 is 9.90 Å². The zero-order chi connectivity index (χ0) is 12.7. The Morgan fingerprint density at radius 3 is 2.72 bits per heavy atom. The van der Waals surface area contributed by atoms with Crippen molar-refractivity contribution in [3.63, 3.8) is 0 Å². The van der Waals surface area contributed by atoms with Crippen molar-refractivity contribution in [3.05, 3.63) is 47.0 Å². The highest BCUT2D eigenvalue weighted by molar-refractivity contribution is 6.37. The Hall–Kier alpha value is -2.00. The van der Waals surface area contributed by atoms with Gasteiger partial charge in [-0.05, 0) is 11.6 Å². The smallest absolute Gasteiger partial charge is 0.307 e. The number of aliphatic carboxylic acids is 1. The molecule has 3 nitrogen and oxygen atoms in total. The van der Waals surface area contributed by atoms with Crippen molar-refractivity contribution in [1.82, 2.24) is 4.98 Å². The van der Waals surface area contributed by atoms with Gasteiger partial charge >= 0.3 is 5.97 Å². The number of hydrogen-bond acceptors (Lipinski definition) is 1. The second kappa shape index (κ2) is 4.03. The van der Waals surface area contributed by atoms with Crippen LogP contribution in [0.15, 0.2) is 36.4 Å². The van der Waals surface area contributed by atoms with Crippen LogP contribution in [0.4, 0.5) is 0 Å². The highest BCUT2D eigenvalue weighted by Gasteiger charge is 2.12. The molecule has 1 heterocycles. The van der Waals surface area contributed by atoms with E-state index < -0.39 is 5.97 Å². The SMILES string of the molecule is O=C(O)Cc1ccc2c([nH]c3ccccc32)c1Cl. The maximum atomic E-state index is 10.8. The molecule has 3 aromatic rings. The summed E-state index contributed by atoms with van der Waals surface area (Å²) in [6, 6.07) is 11.6. The van der Waals surface area contributed by atoms with Crippen molar-refractivity contribution >= 4 is 39.4 Å². The van der Waals surface area contributed by atoms with Gasteiger partial charge in [0.25, 0.3) is 0 Å². The summed E-state index contributed by atoms with van der Waals surface area (Å²) >= 11 is 6.26. The number of carboxylic acid groups (broad SMARTS) is 1. The fourth-order valence-electron chi connectivity index (χ4n) is 2.23. The van der Waals surface area contributed by atoms with Gasteiger partial charge in [0.05, 0.1) is 17.0 Å². The third-order valence-corrected chi connectivity index (χ3v) is 3.47.